The van der Waals surface area contributed by atoms with Crippen LogP contribution in [0.1, 0.15) is 57.8 Å². The van der Waals surface area contributed by atoms with Crippen molar-refractivity contribution in [2.24, 2.45) is 0 Å². The molecule has 0 atom stereocenters. The highest BCUT2D eigenvalue weighted by Crippen LogP contribution is 2.09. The van der Waals surface area contributed by atoms with Gasteiger partial charge in [0.25, 0.3) is 0 Å². The van der Waals surface area contributed by atoms with Gasteiger partial charge in [-0.05, 0) is 38.8 Å². The maximum absolute atomic E-state index is 3.49. The molecule has 0 bridgehead atoms. The number of unbranched alkanes of at least 4 members (excludes halogenated alkanes) is 7. The van der Waals surface area contributed by atoms with Gasteiger partial charge in [-0.1, -0.05) is 38.1 Å². The molecule has 0 fully saturated rings. The molecule has 3 radical (unpaired) electrons. The van der Waals surface area contributed by atoms with E-state index >= 15 is 0 Å². The van der Waals surface area contributed by atoms with E-state index in [1.165, 1.54) is 70.9 Å². The molecule has 0 aliphatic heterocycles. The molecule has 0 aromatic carbocycles. The molecule has 0 saturated heterocycles. The fourth-order valence-electron chi connectivity index (χ4n) is 2.24. The minimum Gasteiger partial charge on any atom is -0.331 e. The molecule has 0 aromatic heterocycles. The molecule has 0 unspecified atom stereocenters. The van der Waals surface area contributed by atoms with Gasteiger partial charge in [-0.3, -0.25) is 0 Å². The Labute approximate surface area is 125 Å². The van der Waals surface area contributed by atoms with Crippen LogP contribution >= 0.6 is 0 Å². The van der Waals surface area contributed by atoms with Gasteiger partial charge in [0.2, 0.25) is 0 Å². The average molecular weight is 285 g/mol. The van der Waals surface area contributed by atoms with E-state index in [4.69, 9.17) is 0 Å². The molecule has 0 aromatic rings. The van der Waals surface area contributed by atoms with Crippen molar-refractivity contribution in [2.75, 3.05) is 40.8 Å². The van der Waals surface area contributed by atoms with Gasteiger partial charge in [-0.25, -0.2) is 0 Å². The Kier molecular flexibility index (Phi) is 13.2. The molecule has 3 heteroatoms. The zero-order valence-corrected chi connectivity index (χ0v) is 14.6. The first-order chi connectivity index (χ1) is 9.06. The van der Waals surface area contributed by atoms with Gasteiger partial charge < -0.3 is 9.80 Å². The van der Waals surface area contributed by atoms with Crippen molar-refractivity contribution in [3.05, 3.63) is 0 Å². The summed E-state index contributed by atoms with van der Waals surface area (Å²) >= 11 is 0. The largest absolute Gasteiger partial charge is 0.331 e. The minimum absolute atomic E-state index is 1.11. The lowest BCUT2D eigenvalue weighted by atomic mass is 10.1. The van der Waals surface area contributed by atoms with Crippen LogP contribution < -0.4 is 5.32 Å². The van der Waals surface area contributed by atoms with E-state index in [2.05, 4.69) is 36.7 Å². The van der Waals surface area contributed by atoms with Gasteiger partial charge in [0.05, 0.1) is 27.7 Å². The molecule has 19 heavy (non-hydrogen) atoms. The summed E-state index contributed by atoms with van der Waals surface area (Å²) in [6.07, 6.45) is 12.5. The summed E-state index contributed by atoms with van der Waals surface area (Å²) in [5.74, 6) is 0. The second kappa shape index (κ2) is 13.1. The predicted molar refractivity (Wildman–Crippen MR) is 87.9 cm³/mol. The third-order valence-corrected chi connectivity index (χ3v) is 3.82. The van der Waals surface area contributed by atoms with Crippen LogP contribution in [0.5, 0.6) is 0 Å². The first-order valence-electron chi connectivity index (χ1n) is 8.22. The number of rotatable bonds is 14. The zero-order chi connectivity index (χ0) is 14.4. The van der Waals surface area contributed by atoms with Gasteiger partial charge in [0.15, 0.2) is 0 Å². The lowest BCUT2D eigenvalue weighted by molar-refractivity contribution is -0.870. The number of quaternary nitrogens is 1. The van der Waals surface area contributed by atoms with Crippen molar-refractivity contribution >= 4 is 10.2 Å². The number of hydrogen-bond donors (Lipinski definition) is 1. The van der Waals surface area contributed by atoms with Crippen LogP contribution in [0.4, 0.5) is 0 Å². The van der Waals surface area contributed by atoms with Gasteiger partial charge in [0.1, 0.15) is 0 Å². The summed E-state index contributed by atoms with van der Waals surface area (Å²) in [5, 5.41) is 3.49. The van der Waals surface area contributed by atoms with Crippen LogP contribution in [0.15, 0.2) is 0 Å². The molecule has 0 aliphatic rings. The second-order valence-corrected chi connectivity index (χ2v) is 7.20. The standard InChI is InChI=1S/C16H36N2Si/c1-18(2,3)15-11-9-7-5-4-6-8-10-13-17-14-12-16-19/h17H,4-16H2,1-3H3/q+1. The van der Waals surface area contributed by atoms with E-state index in [9.17, 15) is 0 Å². The lowest BCUT2D eigenvalue weighted by Gasteiger charge is -2.23. The maximum atomic E-state index is 3.49. The van der Waals surface area contributed by atoms with Gasteiger partial charge in [0, 0.05) is 10.2 Å². The summed E-state index contributed by atoms with van der Waals surface area (Å²) in [7, 11) is 10.3. The average Bonchev–Trinajstić information content (AvgIpc) is 2.34. The van der Waals surface area contributed by atoms with Gasteiger partial charge in [-0.2, -0.15) is 0 Å². The number of nitrogens with one attached hydrogen (secondary N) is 1. The van der Waals surface area contributed by atoms with E-state index in [1.807, 2.05) is 0 Å². The first-order valence-corrected chi connectivity index (χ1v) is 8.93. The zero-order valence-electron chi connectivity index (χ0n) is 13.6. The third-order valence-electron chi connectivity index (χ3n) is 3.46. The van der Waals surface area contributed by atoms with Crippen molar-refractivity contribution in [1.82, 2.24) is 5.32 Å². The topological polar surface area (TPSA) is 12.0 Å². The number of nitrogens with zero attached hydrogens (tertiary/aromatic N) is 1. The predicted octanol–water partition coefficient (Wildman–Crippen LogP) is 3.38. The Morgan fingerprint density at radius 1 is 0.684 bits per heavy atom. The summed E-state index contributed by atoms with van der Waals surface area (Å²) in [6.45, 7) is 3.69. The molecule has 2 nitrogen and oxygen atoms in total. The van der Waals surface area contributed by atoms with Crippen LogP contribution in [-0.4, -0.2) is 55.5 Å². The highest BCUT2D eigenvalue weighted by atomic mass is 28.1. The molecular formula is C16H36N2Si+. The monoisotopic (exact) mass is 284 g/mol. The smallest absolute Gasteiger partial charge is 0.0780 e. The second-order valence-electron chi connectivity index (χ2n) is 6.70. The van der Waals surface area contributed by atoms with Gasteiger partial charge in [-0.15, -0.1) is 0 Å². The van der Waals surface area contributed by atoms with E-state index in [0.29, 0.717) is 0 Å². The molecule has 0 spiro atoms. The van der Waals surface area contributed by atoms with Crippen LogP contribution in [0.3, 0.4) is 0 Å². The van der Waals surface area contributed by atoms with Crippen LogP contribution in [0.25, 0.3) is 0 Å². The summed E-state index contributed by atoms with van der Waals surface area (Å²) < 4.78 is 1.11. The molecule has 0 saturated carbocycles. The van der Waals surface area contributed by atoms with E-state index in [1.54, 1.807) is 0 Å². The molecule has 0 amide bonds. The SMILES string of the molecule is C[N+](C)(C)CCCCCCCCCCNCCC[Si]. The van der Waals surface area contributed by atoms with E-state index < -0.39 is 0 Å². The first kappa shape index (κ1) is 19.1. The van der Waals surface area contributed by atoms with Crippen molar-refractivity contribution < 1.29 is 4.48 Å². The minimum atomic E-state index is 1.11. The van der Waals surface area contributed by atoms with Crippen molar-refractivity contribution in [2.45, 2.75) is 63.8 Å². The maximum Gasteiger partial charge on any atom is 0.0780 e. The fourth-order valence-corrected chi connectivity index (χ4v) is 2.41. The quantitative estimate of drug-likeness (QED) is 0.293. The molecule has 0 aliphatic carbocycles. The Bertz CT molecular complexity index is 178. The van der Waals surface area contributed by atoms with Crippen LogP contribution in [0.2, 0.25) is 6.04 Å². The molecular weight excluding hydrogens is 248 g/mol. The summed E-state index contributed by atoms with van der Waals surface area (Å²) in [4.78, 5) is 0. The van der Waals surface area contributed by atoms with Crippen molar-refractivity contribution in [1.29, 1.82) is 0 Å². The van der Waals surface area contributed by atoms with Crippen LogP contribution in [-0.2, 0) is 0 Å². The van der Waals surface area contributed by atoms with E-state index in [0.717, 1.165) is 17.1 Å². The van der Waals surface area contributed by atoms with Crippen LogP contribution in [0, 0.1) is 0 Å². The summed E-state index contributed by atoms with van der Waals surface area (Å²) in [5.41, 5.74) is 0. The molecule has 113 valence electrons. The molecule has 0 rings (SSSR count). The highest BCUT2D eigenvalue weighted by Gasteiger charge is 2.04. The highest BCUT2D eigenvalue weighted by molar-refractivity contribution is 6.08. The van der Waals surface area contributed by atoms with Crippen molar-refractivity contribution in [3.63, 3.8) is 0 Å². The Balaban J connectivity index is 2.99. The molecule has 1 N–H and O–H groups in total. The van der Waals surface area contributed by atoms with Gasteiger partial charge >= 0.3 is 0 Å². The third kappa shape index (κ3) is 18.1. The Morgan fingerprint density at radius 2 is 1.16 bits per heavy atom. The molecule has 0 heterocycles. The lowest BCUT2D eigenvalue weighted by Crippen LogP contribution is -2.35. The Hall–Kier alpha value is 0.137. The fraction of sp³-hybridized carbons (Fsp3) is 1.00. The normalized spacial score (nSPS) is 12.0. The Morgan fingerprint density at radius 3 is 1.68 bits per heavy atom. The summed E-state index contributed by atoms with van der Waals surface area (Å²) in [6, 6.07) is 1.11. The number of hydrogen-bond acceptors (Lipinski definition) is 1. The van der Waals surface area contributed by atoms with Crippen molar-refractivity contribution in [3.8, 4) is 0 Å². The van der Waals surface area contributed by atoms with E-state index in [-0.39, 0.29) is 0 Å².